The SMILES string of the molecule is S=C([S-])NCCNC(=S)[S-].[Na+].[Na+].[Na+]. The van der Waals surface area contributed by atoms with Gasteiger partial charge in [0.25, 0.3) is 0 Å². The molecule has 0 aliphatic heterocycles. The van der Waals surface area contributed by atoms with Crippen molar-refractivity contribution < 1.29 is 88.7 Å². The van der Waals surface area contributed by atoms with Gasteiger partial charge in [0.05, 0.1) is 0 Å². The van der Waals surface area contributed by atoms with Gasteiger partial charge in [-0.1, -0.05) is 8.64 Å². The molecule has 13 heavy (non-hydrogen) atoms. The van der Waals surface area contributed by atoms with Crippen LogP contribution < -0.4 is 99.3 Å². The van der Waals surface area contributed by atoms with Crippen LogP contribution in [0.1, 0.15) is 0 Å². The Hall–Kier alpha value is 3.22. The fraction of sp³-hybridized carbons (Fsp3) is 0.500. The first-order valence-electron chi connectivity index (χ1n) is 2.52. The summed E-state index contributed by atoms with van der Waals surface area (Å²) in [6, 6.07) is 0. The van der Waals surface area contributed by atoms with Crippen LogP contribution in [0.4, 0.5) is 0 Å². The normalized spacial score (nSPS) is 6.46. The summed E-state index contributed by atoms with van der Waals surface area (Å²) >= 11 is 18.4. The average molecular weight is 279 g/mol. The van der Waals surface area contributed by atoms with Crippen LogP contribution >= 0.6 is 24.4 Å². The Morgan fingerprint density at radius 3 is 1.23 bits per heavy atom. The summed E-state index contributed by atoms with van der Waals surface area (Å²) in [5.74, 6) is 0. The van der Waals surface area contributed by atoms with Crippen LogP contribution in [-0.2, 0) is 25.3 Å². The molecule has 0 atom stereocenters. The van der Waals surface area contributed by atoms with Crippen molar-refractivity contribution in [3.63, 3.8) is 0 Å². The quantitative estimate of drug-likeness (QED) is 0.230. The van der Waals surface area contributed by atoms with Gasteiger partial charge in [-0.25, -0.2) is 0 Å². The van der Waals surface area contributed by atoms with Gasteiger partial charge in [-0.2, -0.15) is 0 Å². The van der Waals surface area contributed by atoms with Gasteiger partial charge < -0.3 is 60.3 Å². The molecule has 0 aromatic heterocycles. The topological polar surface area (TPSA) is 24.1 Å². The first kappa shape index (κ1) is 25.2. The Bertz CT molecular complexity index is 129. The van der Waals surface area contributed by atoms with E-state index in [4.69, 9.17) is 0 Å². The molecule has 2 nitrogen and oxygen atoms in total. The number of thiocarbonyl (C=S) groups is 2. The monoisotopic (exact) mass is 279 g/mol. The van der Waals surface area contributed by atoms with E-state index in [1.165, 1.54) is 0 Å². The molecule has 58 valence electrons. The molecule has 0 aliphatic rings. The molecule has 0 spiro atoms. The molecular formula is C4H6N2Na3S4+. The van der Waals surface area contributed by atoms with Crippen molar-refractivity contribution in [3.8, 4) is 0 Å². The zero-order chi connectivity index (χ0) is 7.98. The maximum absolute atomic E-state index is 4.59. The van der Waals surface area contributed by atoms with Gasteiger partial charge in [0.2, 0.25) is 0 Å². The van der Waals surface area contributed by atoms with E-state index in [1.54, 1.807) is 0 Å². The van der Waals surface area contributed by atoms with Gasteiger partial charge in [0.1, 0.15) is 0 Å². The van der Waals surface area contributed by atoms with Crippen LogP contribution in [0.3, 0.4) is 0 Å². The summed E-state index contributed by atoms with van der Waals surface area (Å²) in [4.78, 5) is 0. The van der Waals surface area contributed by atoms with E-state index in [9.17, 15) is 0 Å². The first-order valence-corrected chi connectivity index (χ1v) is 4.16. The molecule has 0 saturated carbocycles. The molecule has 0 fully saturated rings. The summed E-state index contributed by atoms with van der Waals surface area (Å²) in [7, 11) is 0. The molecule has 0 aromatic rings. The second-order valence-corrected chi connectivity index (χ2v) is 3.58. The smallest absolute Gasteiger partial charge is 0.412 e. The Labute approximate surface area is 167 Å². The standard InChI is InChI=1S/C4H8N2S4.3Na/c7-3(8)5-1-2-6-4(9)10;;;/h1-2H2,(H2,5,7,8)(H2,6,9,10);;;/q;3*+1/p-2. The van der Waals surface area contributed by atoms with Gasteiger partial charge in [0, 0.05) is 13.1 Å². The van der Waals surface area contributed by atoms with Crippen LogP contribution in [0, 0.1) is 0 Å². The molecule has 0 heterocycles. The molecule has 9 heteroatoms. The van der Waals surface area contributed by atoms with E-state index in [1.807, 2.05) is 0 Å². The molecule has 0 unspecified atom stereocenters. The van der Waals surface area contributed by atoms with E-state index in [2.05, 4.69) is 60.3 Å². The molecular weight excluding hydrogens is 273 g/mol. The molecule has 0 amide bonds. The van der Waals surface area contributed by atoms with Crippen molar-refractivity contribution in [2.75, 3.05) is 13.1 Å². The predicted molar refractivity (Wildman–Crippen MR) is 55.9 cm³/mol. The molecule has 0 aliphatic carbocycles. The largest absolute Gasteiger partial charge is 1.00 e. The van der Waals surface area contributed by atoms with Gasteiger partial charge in [0.15, 0.2) is 0 Å². The second-order valence-electron chi connectivity index (χ2n) is 1.43. The number of hydrogen-bond acceptors (Lipinski definition) is 4. The molecule has 2 N–H and O–H groups in total. The first-order chi connectivity index (χ1) is 4.63. The van der Waals surface area contributed by atoms with Crippen LogP contribution in [0.5, 0.6) is 0 Å². The minimum atomic E-state index is 0. The van der Waals surface area contributed by atoms with E-state index < -0.39 is 0 Å². The Balaban J connectivity index is -0.000000135. The minimum Gasteiger partial charge on any atom is -0.412 e. The van der Waals surface area contributed by atoms with E-state index >= 15 is 0 Å². The Morgan fingerprint density at radius 2 is 1.08 bits per heavy atom. The maximum atomic E-state index is 4.59. The maximum Gasteiger partial charge on any atom is 1.00 e. The van der Waals surface area contributed by atoms with Gasteiger partial charge in [-0.15, -0.1) is 0 Å². The van der Waals surface area contributed by atoms with Crippen LogP contribution in [0.25, 0.3) is 0 Å². The fourth-order valence-electron chi connectivity index (χ4n) is 0.329. The van der Waals surface area contributed by atoms with E-state index in [0.29, 0.717) is 21.7 Å². The number of hydrogen-bond donors (Lipinski definition) is 2. The van der Waals surface area contributed by atoms with Crippen molar-refractivity contribution in [3.05, 3.63) is 0 Å². The molecule has 0 aromatic carbocycles. The summed E-state index contributed by atoms with van der Waals surface area (Å²) in [6.07, 6.45) is 0. The van der Waals surface area contributed by atoms with Crippen LogP contribution in [-0.4, -0.2) is 21.7 Å². The predicted octanol–water partition coefficient (Wildman–Crippen LogP) is -9.16. The van der Waals surface area contributed by atoms with Crippen LogP contribution in [0.2, 0.25) is 0 Å². The molecule has 0 saturated heterocycles. The zero-order valence-corrected chi connectivity index (χ0v) is 17.3. The van der Waals surface area contributed by atoms with Crippen molar-refractivity contribution in [1.29, 1.82) is 0 Å². The fourth-order valence-corrected chi connectivity index (χ4v) is 0.737. The number of rotatable bonds is 3. The summed E-state index contributed by atoms with van der Waals surface area (Å²) in [5, 5.41) is 5.56. The Kier molecular flexibility index (Phi) is 34.1. The minimum absolute atomic E-state index is 0. The van der Waals surface area contributed by atoms with Crippen molar-refractivity contribution >= 4 is 58.3 Å². The second kappa shape index (κ2) is 17.6. The third-order valence-electron chi connectivity index (χ3n) is 0.664. The third kappa shape index (κ3) is 25.5. The average Bonchev–Trinajstić information content (AvgIpc) is 1.79. The van der Waals surface area contributed by atoms with Gasteiger partial charge in [-0.3, -0.25) is 0 Å². The number of nitrogens with one attached hydrogen (secondary N) is 2. The van der Waals surface area contributed by atoms with Crippen molar-refractivity contribution in [2.24, 2.45) is 0 Å². The summed E-state index contributed by atoms with van der Waals surface area (Å²) in [6.45, 7) is 1.33. The summed E-state index contributed by atoms with van der Waals surface area (Å²) < 4.78 is 0.745. The summed E-state index contributed by atoms with van der Waals surface area (Å²) in [5.41, 5.74) is 0. The van der Waals surface area contributed by atoms with Gasteiger partial charge >= 0.3 is 88.7 Å². The zero-order valence-electron chi connectivity index (χ0n) is 8.05. The van der Waals surface area contributed by atoms with E-state index in [0.717, 1.165) is 0 Å². The third-order valence-corrected chi connectivity index (χ3v) is 1.24. The van der Waals surface area contributed by atoms with E-state index in [-0.39, 0.29) is 88.7 Å². The molecule has 0 radical (unpaired) electrons. The molecule has 0 rings (SSSR count). The molecule has 0 bridgehead atoms. The van der Waals surface area contributed by atoms with Crippen molar-refractivity contribution in [1.82, 2.24) is 10.6 Å². The van der Waals surface area contributed by atoms with Crippen molar-refractivity contribution in [2.45, 2.75) is 0 Å². The van der Waals surface area contributed by atoms with Gasteiger partial charge in [-0.05, 0) is 0 Å². The Morgan fingerprint density at radius 1 is 0.846 bits per heavy atom. The van der Waals surface area contributed by atoms with Crippen LogP contribution in [0.15, 0.2) is 0 Å².